The maximum Gasteiger partial charge on any atom is 0.300 e. The molecule has 6 heteroatoms. The number of anilines is 1. The van der Waals surface area contributed by atoms with Crippen LogP contribution in [0.25, 0.3) is 5.76 Å². The molecule has 1 heterocycles. The number of Topliss-reactive ketones (excluding diaryl/α,β-unsaturated/α-hetero) is 1. The van der Waals surface area contributed by atoms with Gasteiger partial charge in [0.15, 0.2) is 11.5 Å². The van der Waals surface area contributed by atoms with Crippen LogP contribution in [0.4, 0.5) is 5.69 Å². The zero-order valence-corrected chi connectivity index (χ0v) is 18.0. The van der Waals surface area contributed by atoms with Crippen LogP contribution < -0.4 is 14.4 Å². The van der Waals surface area contributed by atoms with Gasteiger partial charge >= 0.3 is 0 Å². The number of carbonyl (C=O) groups is 2. The molecule has 0 spiro atoms. The van der Waals surface area contributed by atoms with E-state index in [9.17, 15) is 14.7 Å². The molecule has 0 radical (unpaired) electrons. The topological polar surface area (TPSA) is 76.1 Å². The Balaban J connectivity index is 1.96. The Morgan fingerprint density at radius 2 is 1.53 bits per heavy atom. The SMILES string of the molecule is COc1ccc([C@@H]2C(=C(O)c3ccccc3)C(=O)C(=O)N2c2ccc(C)cc2)cc1OC. The Labute approximate surface area is 186 Å². The second-order valence-electron chi connectivity index (χ2n) is 7.49. The van der Waals surface area contributed by atoms with E-state index in [1.54, 1.807) is 54.6 Å². The van der Waals surface area contributed by atoms with E-state index in [1.807, 2.05) is 25.1 Å². The van der Waals surface area contributed by atoms with Crippen LogP contribution in [0.15, 0.2) is 78.4 Å². The Morgan fingerprint density at radius 1 is 0.875 bits per heavy atom. The van der Waals surface area contributed by atoms with Crippen LogP contribution in [0.1, 0.15) is 22.7 Å². The summed E-state index contributed by atoms with van der Waals surface area (Å²) in [6.45, 7) is 1.94. The van der Waals surface area contributed by atoms with E-state index < -0.39 is 17.7 Å². The van der Waals surface area contributed by atoms with Crippen molar-refractivity contribution in [2.24, 2.45) is 0 Å². The van der Waals surface area contributed by atoms with E-state index in [0.717, 1.165) is 5.56 Å². The molecule has 3 aromatic carbocycles. The Kier molecular flexibility index (Phi) is 5.69. The lowest BCUT2D eigenvalue weighted by Gasteiger charge is -2.26. The van der Waals surface area contributed by atoms with Gasteiger partial charge in [-0.15, -0.1) is 0 Å². The third-order valence-electron chi connectivity index (χ3n) is 5.53. The first-order chi connectivity index (χ1) is 15.5. The predicted octanol–water partition coefficient (Wildman–Crippen LogP) is 4.64. The summed E-state index contributed by atoms with van der Waals surface area (Å²) in [6.07, 6.45) is 0. The molecule has 1 N–H and O–H groups in total. The Morgan fingerprint density at radius 3 is 2.16 bits per heavy atom. The van der Waals surface area contributed by atoms with E-state index in [1.165, 1.54) is 19.1 Å². The van der Waals surface area contributed by atoms with E-state index >= 15 is 0 Å². The number of rotatable bonds is 5. The number of benzene rings is 3. The summed E-state index contributed by atoms with van der Waals surface area (Å²) in [5, 5.41) is 11.1. The smallest absolute Gasteiger partial charge is 0.300 e. The van der Waals surface area contributed by atoms with Crippen LogP contribution >= 0.6 is 0 Å². The van der Waals surface area contributed by atoms with Gasteiger partial charge in [-0.25, -0.2) is 0 Å². The van der Waals surface area contributed by atoms with Crippen molar-refractivity contribution in [2.75, 3.05) is 19.1 Å². The molecule has 0 unspecified atom stereocenters. The van der Waals surface area contributed by atoms with Gasteiger partial charge in [0, 0.05) is 11.3 Å². The normalized spacial score (nSPS) is 17.5. The maximum absolute atomic E-state index is 13.2. The molecule has 1 fully saturated rings. The lowest BCUT2D eigenvalue weighted by molar-refractivity contribution is -0.132. The highest BCUT2D eigenvalue weighted by Gasteiger charge is 2.47. The fourth-order valence-corrected chi connectivity index (χ4v) is 3.89. The summed E-state index contributed by atoms with van der Waals surface area (Å²) in [5.74, 6) is -0.693. The van der Waals surface area contributed by atoms with E-state index in [4.69, 9.17) is 9.47 Å². The fraction of sp³-hybridized carbons (Fsp3) is 0.154. The van der Waals surface area contributed by atoms with Gasteiger partial charge in [0.2, 0.25) is 0 Å². The van der Waals surface area contributed by atoms with E-state index in [0.29, 0.717) is 28.3 Å². The minimum Gasteiger partial charge on any atom is -0.507 e. The fourth-order valence-electron chi connectivity index (χ4n) is 3.89. The highest BCUT2D eigenvalue weighted by atomic mass is 16.5. The van der Waals surface area contributed by atoms with Crippen molar-refractivity contribution in [3.63, 3.8) is 0 Å². The number of carbonyl (C=O) groups excluding carboxylic acids is 2. The number of ketones is 1. The van der Waals surface area contributed by atoms with Gasteiger partial charge in [0.1, 0.15) is 5.76 Å². The summed E-state index contributed by atoms with van der Waals surface area (Å²) in [5.41, 5.74) is 2.68. The number of aliphatic hydroxyl groups excluding tert-OH is 1. The second kappa shape index (κ2) is 8.59. The Hall–Kier alpha value is -4.06. The monoisotopic (exact) mass is 429 g/mol. The first kappa shape index (κ1) is 21.2. The third kappa shape index (κ3) is 3.60. The van der Waals surface area contributed by atoms with Crippen LogP contribution in [0.5, 0.6) is 11.5 Å². The molecule has 1 saturated heterocycles. The minimum atomic E-state index is -0.835. The molecule has 32 heavy (non-hydrogen) atoms. The zero-order valence-electron chi connectivity index (χ0n) is 18.0. The number of nitrogens with zero attached hydrogens (tertiary/aromatic N) is 1. The van der Waals surface area contributed by atoms with Gasteiger partial charge in [0.05, 0.1) is 25.8 Å². The summed E-state index contributed by atoms with van der Waals surface area (Å²) >= 11 is 0. The number of ether oxygens (including phenoxy) is 2. The highest BCUT2D eigenvalue weighted by molar-refractivity contribution is 6.51. The highest BCUT2D eigenvalue weighted by Crippen LogP contribution is 2.44. The van der Waals surface area contributed by atoms with Gasteiger partial charge in [0.25, 0.3) is 11.7 Å². The summed E-state index contributed by atoms with van der Waals surface area (Å²) in [4.78, 5) is 27.8. The van der Waals surface area contributed by atoms with Gasteiger partial charge in [-0.2, -0.15) is 0 Å². The van der Waals surface area contributed by atoms with Crippen molar-refractivity contribution in [2.45, 2.75) is 13.0 Å². The third-order valence-corrected chi connectivity index (χ3v) is 5.53. The van der Waals surface area contributed by atoms with Crippen LogP contribution in [-0.4, -0.2) is 31.0 Å². The predicted molar refractivity (Wildman–Crippen MR) is 122 cm³/mol. The number of hydrogen-bond donors (Lipinski definition) is 1. The average Bonchev–Trinajstić information content (AvgIpc) is 3.09. The molecule has 0 aromatic heterocycles. The molecule has 0 bridgehead atoms. The maximum atomic E-state index is 13.2. The molecule has 6 nitrogen and oxygen atoms in total. The van der Waals surface area contributed by atoms with Gasteiger partial charge < -0.3 is 14.6 Å². The van der Waals surface area contributed by atoms with Gasteiger partial charge in [-0.3, -0.25) is 14.5 Å². The molecule has 1 aliphatic rings. The second-order valence-corrected chi connectivity index (χ2v) is 7.49. The molecule has 3 aromatic rings. The van der Waals surface area contributed by atoms with Crippen molar-refractivity contribution in [3.8, 4) is 11.5 Å². The number of amides is 1. The molecule has 1 amide bonds. The number of aryl methyl sites for hydroxylation is 1. The molecule has 0 aliphatic carbocycles. The van der Waals surface area contributed by atoms with Gasteiger partial charge in [-0.1, -0.05) is 54.1 Å². The van der Waals surface area contributed by atoms with E-state index in [-0.39, 0.29) is 11.3 Å². The molecule has 0 saturated carbocycles. The zero-order chi connectivity index (χ0) is 22.8. The van der Waals surface area contributed by atoms with Crippen molar-refractivity contribution >= 4 is 23.1 Å². The van der Waals surface area contributed by atoms with Crippen molar-refractivity contribution in [3.05, 3.63) is 95.1 Å². The Bertz CT molecular complexity index is 1200. The van der Waals surface area contributed by atoms with Crippen LogP contribution in [0, 0.1) is 6.92 Å². The number of hydrogen-bond acceptors (Lipinski definition) is 5. The largest absolute Gasteiger partial charge is 0.507 e. The standard InChI is InChI=1S/C26H23NO5/c1-16-9-12-19(13-10-16)27-23(18-11-14-20(31-2)21(15-18)32-3)22(25(29)26(27)30)24(28)17-7-5-4-6-8-17/h4-15,23,28H,1-3H3/t23-/m1/s1. The van der Waals surface area contributed by atoms with Crippen molar-refractivity contribution in [1.82, 2.24) is 0 Å². The average molecular weight is 429 g/mol. The summed E-state index contributed by atoms with van der Waals surface area (Å²) < 4.78 is 10.8. The van der Waals surface area contributed by atoms with Gasteiger partial charge in [-0.05, 0) is 36.8 Å². The first-order valence-corrected chi connectivity index (χ1v) is 10.1. The lowest BCUT2D eigenvalue weighted by atomic mass is 9.94. The van der Waals surface area contributed by atoms with Crippen LogP contribution in [0.2, 0.25) is 0 Å². The van der Waals surface area contributed by atoms with Crippen LogP contribution in [0.3, 0.4) is 0 Å². The summed E-state index contributed by atoms with van der Waals surface area (Å²) in [7, 11) is 3.05. The summed E-state index contributed by atoms with van der Waals surface area (Å²) in [6, 6.07) is 20.4. The molecule has 162 valence electrons. The number of aliphatic hydroxyl groups is 1. The molecule has 4 rings (SSSR count). The van der Waals surface area contributed by atoms with E-state index in [2.05, 4.69) is 0 Å². The number of methoxy groups -OCH3 is 2. The quantitative estimate of drug-likeness (QED) is 0.363. The lowest BCUT2D eigenvalue weighted by Crippen LogP contribution is -2.29. The minimum absolute atomic E-state index is 0.0222. The molecular formula is C26H23NO5. The van der Waals surface area contributed by atoms with Crippen molar-refractivity contribution < 1.29 is 24.2 Å². The molecule has 1 aliphatic heterocycles. The molecular weight excluding hydrogens is 406 g/mol. The van der Waals surface area contributed by atoms with Crippen molar-refractivity contribution in [1.29, 1.82) is 0 Å². The van der Waals surface area contributed by atoms with Crippen LogP contribution in [-0.2, 0) is 9.59 Å². The molecule has 1 atom stereocenters. The first-order valence-electron chi connectivity index (χ1n) is 10.1.